The van der Waals surface area contributed by atoms with Gasteiger partial charge in [-0.15, -0.1) is 21.5 Å². The third-order valence-corrected chi connectivity index (χ3v) is 6.77. The van der Waals surface area contributed by atoms with Crippen molar-refractivity contribution in [2.24, 2.45) is 5.10 Å². The number of carboxylic acids is 1. The molecule has 0 spiro atoms. The second-order valence-electron chi connectivity index (χ2n) is 7.92. The predicted molar refractivity (Wildman–Crippen MR) is 149 cm³/mol. The highest BCUT2D eigenvalue weighted by atomic mass is 32.2. The molecule has 0 atom stereocenters. The van der Waals surface area contributed by atoms with Crippen molar-refractivity contribution >= 4 is 52.2 Å². The van der Waals surface area contributed by atoms with Crippen LogP contribution in [0.15, 0.2) is 76.3 Å². The third kappa shape index (κ3) is 8.48. The second-order valence-corrected chi connectivity index (χ2v) is 9.73. The minimum absolute atomic E-state index is 0.0141. The third-order valence-electron chi connectivity index (χ3n) is 4.99. The molecule has 0 radical (unpaired) electrons. The van der Waals surface area contributed by atoms with Gasteiger partial charge in [0.15, 0.2) is 11.0 Å². The predicted octanol–water partition coefficient (Wildman–Crippen LogP) is 2.84. The van der Waals surface area contributed by atoms with Gasteiger partial charge in [0.05, 0.1) is 30.5 Å². The number of hydrogen-bond acceptors (Lipinski definition) is 10. The average Bonchev–Trinajstić information content (AvgIpc) is 3.55. The molecule has 14 heteroatoms. The van der Waals surface area contributed by atoms with Crippen LogP contribution in [0.25, 0.3) is 0 Å². The van der Waals surface area contributed by atoms with E-state index in [1.807, 2.05) is 41.8 Å². The van der Waals surface area contributed by atoms with Crippen LogP contribution in [0.3, 0.4) is 0 Å². The molecule has 0 saturated heterocycles. The summed E-state index contributed by atoms with van der Waals surface area (Å²) in [6.07, 6.45) is 1.76. The summed E-state index contributed by atoms with van der Waals surface area (Å²) in [6.45, 7) is 0.254. The monoisotopic (exact) mass is 564 g/mol. The maximum Gasteiger partial charge on any atom is 0.305 e. The highest BCUT2D eigenvalue weighted by molar-refractivity contribution is 7.99. The first-order valence-corrected chi connectivity index (χ1v) is 13.5. The molecule has 39 heavy (non-hydrogen) atoms. The second kappa shape index (κ2) is 13.8. The van der Waals surface area contributed by atoms with Crippen LogP contribution in [0, 0.1) is 0 Å². The molecule has 12 nitrogen and oxygen atoms in total. The van der Waals surface area contributed by atoms with Crippen LogP contribution in [-0.2, 0) is 16.0 Å². The number of rotatable bonds is 13. The Labute approximate surface area is 231 Å². The number of thiazole rings is 1. The molecular formula is C25H24N8O4S2. The molecule has 0 bridgehead atoms. The van der Waals surface area contributed by atoms with Crippen LogP contribution >= 0.6 is 23.1 Å². The highest BCUT2D eigenvalue weighted by Gasteiger charge is 2.18. The molecule has 4 N–H and O–H groups in total. The van der Waals surface area contributed by atoms with E-state index in [0.717, 1.165) is 17.3 Å². The minimum atomic E-state index is -0.900. The number of thioether (sulfide) groups is 1. The lowest BCUT2D eigenvalue weighted by Crippen LogP contribution is -2.26. The molecule has 0 aliphatic heterocycles. The SMILES string of the molecule is O=C(O)CCNc1nc(Cc2nnc(SCC(=O)N/N=C/c3ccccc3)n2NC(=O)c2ccccc2)cs1. The van der Waals surface area contributed by atoms with Gasteiger partial charge in [0, 0.05) is 17.5 Å². The number of carbonyl (C=O) groups is 3. The van der Waals surface area contributed by atoms with E-state index in [1.165, 1.54) is 16.0 Å². The zero-order valence-corrected chi connectivity index (χ0v) is 22.1. The lowest BCUT2D eigenvalue weighted by atomic mass is 10.2. The summed E-state index contributed by atoms with van der Waals surface area (Å²) in [6, 6.07) is 18.0. The molecule has 0 unspecified atom stereocenters. The first-order chi connectivity index (χ1) is 19.0. The van der Waals surface area contributed by atoms with Crippen molar-refractivity contribution < 1.29 is 19.5 Å². The minimum Gasteiger partial charge on any atom is -0.481 e. The molecule has 4 aromatic rings. The number of hydrazone groups is 1. The van der Waals surface area contributed by atoms with Gasteiger partial charge in [-0.1, -0.05) is 60.3 Å². The molecule has 4 rings (SSSR count). The molecule has 0 aliphatic carbocycles. The van der Waals surface area contributed by atoms with Gasteiger partial charge in [-0.3, -0.25) is 19.8 Å². The summed E-state index contributed by atoms with van der Waals surface area (Å²) in [5.41, 5.74) is 7.23. The zero-order valence-electron chi connectivity index (χ0n) is 20.5. The van der Waals surface area contributed by atoms with Crippen LogP contribution < -0.4 is 16.2 Å². The first kappa shape index (κ1) is 27.5. The number of carboxylic acid groups (broad SMARTS) is 1. The summed E-state index contributed by atoms with van der Waals surface area (Å²) < 4.78 is 1.44. The number of benzene rings is 2. The standard InChI is InChI=1S/C25H24N8O4S2/c34-21(30-27-14-17-7-3-1-4-8-17)16-39-25-31-29-20(33(25)32-23(37)18-9-5-2-6-10-18)13-19-15-38-24(28-19)26-12-11-22(35)36/h1-10,14-15H,11-13,16H2,(H,26,28)(H,30,34)(H,32,37)(H,35,36)/b27-14+. The molecular weight excluding hydrogens is 540 g/mol. The Kier molecular flexibility index (Phi) is 9.74. The first-order valence-electron chi connectivity index (χ1n) is 11.7. The van der Waals surface area contributed by atoms with Crippen LogP contribution in [0.1, 0.15) is 33.9 Å². The highest BCUT2D eigenvalue weighted by Crippen LogP contribution is 2.21. The molecule has 2 aromatic carbocycles. The molecule has 0 saturated carbocycles. The van der Waals surface area contributed by atoms with Crippen molar-refractivity contribution in [2.75, 3.05) is 23.0 Å². The Morgan fingerprint density at radius 2 is 1.79 bits per heavy atom. The van der Waals surface area contributed by atoms with Crippen LogP contribution in [-0.4, -0.2) is 61.3 Å². The quantitative estimate of drug-likeness (QED) is 0.109. The fourth-order valence-electron chi connectivity index (χ4n) is 3.16. The van der Waals surface area contributed by atoms with Crippen LogP contribution in [0.5, 0.6) is 0 Å². The lowest BCUT2D eigenvalue weighted by Gasteiger charge is -2.11. The topological polar surface area (TPSA) is 163 Å². The summed E-state index contributed by atoms with van der Waals surface area (Å²) >= 11 is 2.42. The largest absolute Gasteiger partial charge is 0.481 e. The Balaban J connectivity index is 1.44. The van der Waals surface area contributed by atoms with Crippen molar-refractivity contribution in [3.8, 4) is 0 Å². The maximum atomic E-state index is 12.9. The molecule has 200 valence electrons. The van der Waals surface area contributed by atoms with Crippen molar-refractivity contribution in [2.45, 2.75) is 18.0 Å². The van der Waals surface area contributed by atoms with Crippen molar-refractivity contribution in [3.63, 3.8) is 0 Å². The van der Waals surface area contributed by atoms with Gasteiger partial charge in [-0.05, 0) is 17.7 Å². The zero-order chi connectivity index (χ0) is 27.5. The summed E-state index contributed by atoms with van der Waals surface area (Å²) in [7, 11) is 0. The molecule has 2 amide bonds. The van der Waals surface area contributed by atoms with Crippen LogP contribution in [0.2, 0.25) is 0 Å². The van der Waals surface area contributed by atoms with E-state index in [2.05, 4.69) is 36.5 Å². The maximum absolute atomic E-state index is 12.9. The van der Waals surface area contributed by atoms with Crippen LogP contribution in [0.4, 0.5) is 5.13 Å². The Hall–Kier alpha value is -4.56. The van der Waals surface area contributed by atoms with Crippen molar-refractivity contribution in [3.05, 3.63) is 88.7 Å². The molecule has 0 fully saturated rings. The van der Waals surface area contributed by atoms with Gasteiger partial charge in [0.2, 0.25) is 5.16 Å². The van der Waals surface area contributed by atoms with E-state index in [-0.39, 0.29) is 37.0 Å². The number of hydrogen-bond donors (Lipinski definition) is 4. The van der Waals surface area contributed by atoms with Crippen molar-refractivity contribution in [1.82, 2.24) is 25.3 Å². The van der Waals surface area contributed by atoms with Gasteiger partial charge in [0.1, 0.15) is 0 Å². The van der Waals surface area contributed by atoms with Gasteiger partial charge < -0.3 is 10.4 Å². The number of carbonyl (C=O) groups excluding carboxylic acids is 2. The van der Waals surface area contributed by atoms with E-state index in [1.54, 1.807) is 30.5 Å². The van der Waals surface area contributed by atoms with E-state index in [0.29, 0.717) is 27.4 Å². The Morgan fingerprint density at radius 1 is 1.05 bits per heavy atom. The fourth-order valence-corrected chi connectivity index (χ4v) is 4.61. The average molecular weight is 565 g/mol. The van der Waals surface area contributed by atoms with Gasteiger partial charge in [-0.25, -0.2) is 15.1 Å². The number of anilines is 1. The number of aromatic nitrogens is 4. The molecule has 0 aliphatic rings. The number of aliphatic carboxylic acids is 1. The number of nitrogens with one attached hydrogen (secondary N) is 3. The van der Waals surface area contributed by atoms with E-state index < -0.39 is 5.97 Å². The van der Waals surface area contributed by atoms with Gasteiger partial charge >= 0.3 is 5.97 Å². The number of nitrogens with zero attached hydrogens (tertiary/aromatic N) is 5. The fraction of sp³-hybridized carbons (Fsp3) is 0.160. The molecule has 2 heterocycles. The van der Waals surface area contributed by atoms with Crippen molar-refractivity contribution in [1.29, 1.82) is 0 Å². The number of amides is 2. The van der Waals surface area contributed by atoms with E-state index in [9.17, 15) is 14.4 Å². The van der Waals surface area contributed by atoms with E-state index in [4.69, 9.17) is 5.11 Å². The van der Waals surface area contributed by atoms with Gasteiger partial charge in [-0.2, -0.15) is 5.10 Å². The summed E-state index contributed by atoms with van der Waals surface area (Å²) in [4.78, 5) is 40.4. The lowest BCUT2D eigenvalue weighted by molar-refractivity contribution is -0.136. The normalized spacial score (nSPS) is 10.9. The Morgan fingerprint density at radius 3 is 2.54 bits per heavy atom. The van der Waals surface area contributed by atoms with Gasteiger partial charge in [0.25, 0.3) is 11.8 Å². The summed E-state index contributed by atoms with van der Waals surface area (Å²) in [5, 5.41) is 26.8. The smallest absolute Gasteiger partial charge is 0.305 e. The van der Waals surface area contributed by atoms with E-state index >= 15 is 0 Å². The Bertz CT molecular complexity index is 1440. The molecule has 2 aromatic heterocycles. The summed E-state index contributed by atoms with van der Waals surface area (Å²) in [5.74, 6) is -1.23.